The van der Waals surface area contributed by atoms with Crippen molar-refractivity contribution in [2.24, 2.45) is 5.10 Å². The van der Waals surface area contributed by atoms with Gasteiger partial charge in [0.05, 0.1) is 15.2 Å². The lowest BCUT2D eigenvalue weighted by atomic mass is 10.2. The van der Waals surface area contributed by atoms with Gasteiger partial charge in [0.1, 0.15) is 18.2 Å². The third-order valence-electron chi connectivity index (χ3n) is 3.52. The number of hydrogen-bond acceptors (Lipinski definition) is 3. The van der Waals surface area contributed by atoms with Crippen LogP contribution >= 0.6 is 31.9 Å². The van der Waals surface area contributed by atoms with Crippen molar-refractivity contribution in [1.29, 1.82) is 0 Å². The summed E-state index contributed by atoms with van der Waals surface area (Å²) in [6.07, 6.45) is -5.86. The van der Waals surface area contributed by atoms with Crippen molar-refractivity contribution in [3.8, 4) is 5.75 Å². The molecule has 0 aliphatic heterocycles. The molecule has 0 radical (unpaired) electrons. The molecule has 0 heterocycles. The normalized spacial score (nSPS) is 13.0. The molecule has 0 fully saturated rings. The number of hydrogen-bond donors (Lipinski definition) is 1. The zero-order valence-electron chi connectivity index (χ0n) is 14.4. The predicted octanol–water partition coefficient (Wildman–Crippen LogP) is 6.64. The second kappa shape index (κ2) is 9.08. The Labute approximate surface area is 181 Å². The second-order valence-corrected chi connectivity index (χ2v) is 7.42. The molecule has 1 N–H and O–H groups in total. The second-order valence-electron chi connectivity index (χ2n) is 5.71. The van der Waals surface area contributed by atoms with Gasteiger partial charge >= 0.3 is 18.1 Å². The lowest BCUT2D eigenvalue weighted by Gasteiger charge is -2.27. The molecule has 0 aromatic heterocycles. The molecule has 0 unspecified atom stereocenters. The Bertz CT molecular complexity index is 911. The van der Waals surface area contributed by atoms with Gasteiger partial charge < -0.3 is 4.74 Å². The van der Waals surface area contributed by atoms with E-state index in [-0.39, 0.29) is 32.4 Å². The number of alkyl halides is 7. The van der Waals surface area contributed by atoms with Crippen LogP contribution in [0.25, 0.3) is 0 Å². The highest BCUT2D eigenvalue weighted by atomic mass is 79.9. The van der Waals surface area contributed by atoms with E-state index >= 15 is 0 Å². The maximum atomic E-state index is 13.6. The summed E-state index contributed by atoms with van der Waals surface area (Å²) >= 11 is 6.26. The van der Waals surface area contributed by atoms with Gasteiger partial charge in [0.25, 0.3) is 0 Å². The van der Waals surface area contributed by atoms with E-state index < -0.39 is 24.0 Å². The number of benzene rings is 2. The quantitative estimate of drug-likeness (QED) is 0.175. The van der Waals surface area contributed by atoms with Crippen LogP contribution in [-0.2, 0) is 6.61 Å². The summed E-state index contributed by atoms with van der Waals surface area (Å²) in [5, 5.41) is 2.77. The summed E-state index contributed by atoms with van der Waals surface area (Å²) in [5.41, 5.74) is 0.833. The first-order valence-corrected chi connectivity index (χ1v) is 9.32. The van der Waals surface area contributed by atoms with Crippen LogP contribution in [0.2, 0.25) is 0 Å². The van der Waals surface area contributed by atoms with Crippen molar-refractivity contribution >= 4 is 38.1 Å². The topological polar surface area (TPSA) is 33.6 Å². The largest absolute Gasteiger partial charge is 0.486 e. The molecule has 0 saturated heterocycles. The van der Waals surface area contributed by atoms with E-state index in [2.05, 4.69) is 37.0 Å². The van der Waals surface area contributed by atoms with Gasteiger partial charge in [-0.25, -0.2) is 9.82 Å². The Balaban J connectivity index is 2.12. The minimum absolute atomic E-state index is 0.0469. The summed E-state index contributed by atoms with van der Waals surface area (Å²) in [4.78, 5) is 0. The summed E-state index contributed by atoms with van der Waals surface area (Å²) in [7, 11) is 0. The van der Waals surface area contributed by atoms with Crippen molar-refractivity contribution in [3.05, 3.63) is 62.3 Å². The van der Waals surface area contributed by atoms with Crippen LogP contribution in [0.3, 0.4) is 0 Å². The summed E-state index contributed by atoms with van der Waals surface area (Å²) < 4.78 is 108. The molecule has 13 heteroatoms. The zero-order valence-corrected chi connectivity index (χ0v) is 17.6. The minimum Gasteiger partial charge on any atom is -0.486 e. The van der Waals surface area contributed by atoms with Crippen molar-refractivity contribution < 1.29 is 39.9 Å². The molecule has 0 spiro atoms. The molecular weight excluding hydrogens is 560 g/mol. The lowest BCUT2D eigenvalue weighted by Crippen LogP contribution is -2.58. The first kappa shape index (κ1) is 24.4. The minimum atomic E-state index is -6.47. The molecule has 3 nitrogen and oxygen atoms in total. The van der Waals surface area contributed by atoms with Gasteiger partial charge in [0.15, 0.2) is 0 Å². The van der Waals surface area contributed by atoms with Gasteiger partial charge in [0, 0.05) is 5.56 Å². The van der Waals surface area contributed by atoms with Crippen molar-refractivity contribution in [3.63, 3.8) is 0 Å². The fourth-order valence-corrected chi connectivity index (χ4v) is 3.44. The highest BCUT2D eigenvalue weighted by molar-refractivity contribution is 9.11. The third kappa shape index (κ3) is 5.42. The fourth-order valence-electron chi connectivity index (χ4n) is 1.99. The van der Waals surface area contributed by atoms with Crippen LogP contribution in [0.5, 0.6) is 5.75 Å². The molecule has 2 aromatic carbocycles. The molecule has 0 aliphatic rings. The Morgan fingerprint density at radius 3 is 2.07 bits per heavy atom. The maximum Gasteiger partial charge on any atom is 0.462 e. The highest BCUT2D eigenvalue weighted by Crippen LogP contribution is 2.45. The van der Waals surface area contributed by atoms with Crippen LogP contribution < -0.4 is 10.2 Å². The SMILES string of the molecule is Fc1ccccc1COc1c(Br)cc(/C=N/NC(F)(F)C(F)(F)C(F)(F)F)cc1Br. The van der Waals surface area contributed by atoms with Crippen LogP contribution in [0, 0.1) is 5.82 Å². The first-order chi connectivity index (χ1) is 13.8. The summed E-state index contributed by atoms with van der Waals surface area (Å²) in [5.74, 6) is -6.61. The molecule has 0 amide bonds. The van der Waals surface area contributed by atoms with E-state index in [1.807, 2.05) is 0 Å². The molecule has 2 aromatic rings. The molecule has 0 atom stereocenters. The van der Waals surface area contributed by atoms with E-state index in [0.717, 1.165) is 0 Å². The van der Waals surface area contributed by atoms with E-state index in [9.17, 15) is 35.1 Å². The molecule has 0 bridgehead atoms. The Morgan fingerprint density at radius 1 is 0.967 bits per heavy atom. The molecule has 164 valence electrons. The number of nitrogens with one attached hydrogen (secondary N) is 1. The van der Waals surface area contributed by atoms with Gasteiger partial charge in [-0.2, -0.15) is 35.8 Å². The van der Waals surface area contributed by atoms with Crippen molar-refractivity contribution in [2.75, 3.05) is 0 Å². The lowest BCUT2D eigenvalue weighted by molar-refractivity contribution is -0.361. The van der Waals surface area contributed by atoms with E-state index in [0.29, 0.717) is 11.6 Å². The van der Waals surface area contributed by atoms with Gasteiger partial charge in [-0.1, -0.05) is 18.2 Å². The predicted molar refractivity (Wildman–Crippen MR) is 99.3 cm³/mol. The smallest absolute Gasteiger partial charge is 0.462 e. The number of nitrogens with zero attached hydrogens (tertiary/aromatic N) is 1. The van der Waals surface area contributed by atoms with E-state index in [1.54, 1.807) is 6.07 Å². The average Bonchev–Trinajstić information content (AvgIpc) is 2.61. The summed E-state index contributed by atoms with van der Waals surface area (Å²) in [6, 6.07) is 2.73. The molecule has 0 aliphatic carbocycles. The molecule has 0 saturated carbocycles. The molecule has 30 heavy (non-hydrogen) atoms. The van der Waals surface area contributed by atoms with Crippen LogP contribution in [0.15, 0.2) is 50.4 Å². The Kier molecular flexibility index (Phi) is 7.38. The number of ether oxygens (including phenoxy) is 1. The third-order valence-corrected chi connectivity index (χ3v) is 4.70. The van der Waals surface area contributed by atoms with Gasteiger partial charge in [-0.3, -0.25) is 0 Å². The highest BCUT2D eigenvalue weighted by Gasteiger charge is 2.73. The standard InChI is InChI=1S/C17H10Br2F8N2O/c18-11-5-9(7-28-29-17(26,27)15(21,22)16(23,24)25)6-12(19)14(11)30-8-10-3-1-2-4-13(10)20/h1-7,29H,8H2/b28-7+. The molecule has 2 rings (SSSR count). The van der Waals surface area contributed by atoms with Crippen LogP contribution in [-0.4, -0.2) is 24.4 Å². The monoisotopic (exact) mass is 568 g/mol. The fraction of sp³-hybridized carbons (Fsp3) is 0.235. The summed E-state index contributed by atoms with van der Waals surface area (Å²) in [6.45, 7) is -0.141. The van der Waals surface area contributed by atoms with Gasteiger partial charge in [-0.05, 0) is 55.6 Å². The first-order valence-electron chi connectivity index (χ1n) is 7.74. The van der Waals surface area contributed by atoms with Crippen LogP contribution in [0.1, 0.15) is 11.1 Å². The van der Waals surface area contributed by atoms with E-state index in [4.69, 9.17) is 4.74 Å². The number of halogens is 10. The van der Waals surface area contributed by atoms with Crippen molar-refractivity contribution in [2.45, 2.75) is 24.8 Å². The van der Waals surface area contributed by atoms with Gasteiger partial charge in [-0.15, -0.1) is 0 Å². The zero-order chi connectivity index (χ0) is 22.7. The number of hydrazone groups is 1. The molecular formula is C17H10Br2F8N2O. The Morgan fingerprint density at radius 2 is 1.53 bits per heavy atom. The average molecular weight is 570 g/mol. The van der Waals surface area contributed by atoms with E-state index in [1.165, 1.54) is 30.3 Å². The maximum absolute atomic E-state index is 13.6. The van der Waals surface area contributed by atoms with Crippen molar-refractivity contribution in [1.82, 2.24) is 5.43 Å². The van der Waals surface area contributed by atoms with Gasteiger partial charge in [0.2, 0.25) is 0 Å². The van der Waals surface area contributed by atoms with Crippen LogP contribution in [0.4, 0.5) is 35.1 Å². The number of rotatable bonds is 7. The Hall–Kier alpha value is -1.89.